The average Bonchev–Trinajstić information content (AvgIpc) is 2.78. The van der Waals surface area contributed by atoms with Crippen LogP contribution in [0.2, 0.25) is 0 Å². The van der Waals surface area contributed by atoms with E-state index in [0.29, 0.717) is 29.6 Å². The highest BCUT2D eigenvalue weighted by Crippen LogP contribution is 2.30. The first kappa shape index (κ1) is 23.1. The fourth-order valence-corrected chi connectivity index (χ4v) is 3.52. The van der Waals surface area contributed by atoms with Crippen molar-refractivity contribution in [3.63, 3.8) is 0 Å². The van der Waals surface area contributed by atoms with Gasteiger partial charge in [0, 0.05) is 25.2 Å². The number of amides is 1. The van der Waals surface area contributed by atoms with Crippen LogP contribution in [0.25, 0.3) is 0 Å². The molecule has 6 nitrogen and oxygen atoms in total. The molecule has 0 saturated carbocycles. The van der Waals surface area contributed by atoms with Crippen molar-refractivity contribution in [1.29, 1.82) is 0 Å². The highest BCUT2D eigenvalue weighted by atomic mass is 16.5. The van der Waals surface area contributed by atoms with E-state index in [1.54, 1.807) is 7.11 Å². The maximum atomic E-state index is 12.9. The lowest BCUT2D eigenvalue weighted by atomic mass is 10.1. The molecule has 0 aliphatic carbocycles. The quantitative estimate of drug-likeness (QED) is 0.655. The molecule has 2 aromatic carbocycles. The van der Waals surface area contributed by atoms with Crippen LogP contribution < -0.4 is 14.8 Å². The van der Waals surface area contributed by atoms with Gasteiger partial charge in [0.05, 0.1) is 33.0 Å². The van der Waals surface area contributed by atoms with E-state index in [1.807, 2.05) is 43.3 Å². The first-order chi connectivity index (χ1) is 15.0. The Hall–Kier alpha value is -2.57. The number of methoxy groups -OCH3 is 1. The number of ether oxygens (including phenoxy) is 3. The fraction of sp³-hybridized carbons (Fsp3) is 0.480. The summed E-state index contributed by atoms with van der Waals surface area (Å²) >= 11 is 0. The molecule has 0 spiro atoms. The highest BCUT2D eigenvalue weighted by Gasteiger charge is 2.16. The van der Waals surface area contributed by atoms with Gasteiger partial charge in [0.25, 0.3) is 5.91 Å². The molecule has 1 N–H and O–H groups in total. The van der Waals surface area contributed by atoms with Crippen molar-refractivity contribution in [3.8, 4) is 11.5 Å². The van der Waals surface area contributed by atoms with E-state index in [0.717, 1.165) is 44.0 Å². The summed E-state index contributed by atoms with van der Waals surface area (Å²) in [5.41, 5.74) is 2.77. The molecule has 0 bridgehead atoms. The van der Waals surface area contributed by atoms with Gasteiger partial charge in [-0.3, -0.25) is 9.69 Å². The largest absolute Gasteiger partial charge is 0.493 e. The summed E-state index contributed by atoms with van der Waals surface area (Å²) < 4.78 is 16.7. The molecule has 1 unspecified atom stereocenters. The van der Waals surface area contributed by atoms with E-state index >= 15 is 0 Å². The summed E-state index contributed by atoms with van der Waals surface area (Å²) in [5.74, 6) is 1.73. The maximum absolute atomic E-state index is 12.9. The summed E-state index contributed by atoms with van der Waals surface area (Å²) in [5, 5.41) is 3.10. The molecule has 3 rings (SSSR count). The van der Waals surface area contributed by atoms with Gasteiger partial charge in [-0.15, -0.1) is 0 Å². The van der Waals surface area contributed by atoms with E-state index in [4.69, 9.17) is 14.2 Å². The van der Waals surface area contributed by atoms with E-state index in [-0.39, 0.29) is 11.9 Å². The summed E-state index contributed by atoms with van der Waals surface area (Å²) in [7, 11) is 1.63. The van der Waals surface area contributed by atoms with Crippen LogP contribution in [0.15, 0.2) is 42.5 Å². The van der Waals surface area contributed by atoms with Crippen LogP contribution in [-0.4, -0.2) is 50.8 Å². The van der Waals surface area contributed by atoms with Crippen molar-refractivity contribution in [2.24, 2.45) is 5.92 Å². The minimum Gasteiger partial charge on any atom is -0.493 e. The zero-order valence-corrected chi connectivity index (χ0v) is 19.0. The zero-order valence-electron chi connectivity index (χ0n) is 19.0. The molecular weight excluding hydrogens is 392 g/mol. The Balaban J connectivity index is 1.64. The van der Waals surface area contributed by atoms with Crippen LogP contribution in [-0.2, 0) is 11.3 Å². The van der Waals surface area contributed by atoms with Gasteiger partial charge in [-0.1, -0.05) is 32.0 Å². The van der Waals surface area contributed by atoms with Crippen LogP contribution in [0.5, 0.6) is 11.5 Å². The van der Waals surface area contributed by atoms with Crippen LogP contribution in [0, 0.1) is 5.92 Å². The smallest absolute Gasteiger partial charge is 0.251 e. The molecule has 31 heavy (non-hydrogen) atoms. The van der Waals surface area contributed by atoms with Crippen LogP contribution in [0.3, 0.4) is 0 Å². The predicted molar refractivity (Wildman–Crippen MR) is 122 cm³/mol. The Kier molecular flexibility index (Phi) is 8.32. The highest BCUT2D eigenvalue weighted by molar-refractivity contribution is 5.94. The Morgan fingerprint density at radius 1 is 1.10 bits per heavy atom. The monoisotopic (exact) mass is 426 g/mol. The molecule has 1 fully saturated rings. The summed E-state index contributed by atoms with van der Waals surface area (Å²) in [6.07, 6.45) is 0. The second-order valence-corrected chi connectivity index (χ2v) is 8.40. The second-order valence-electron chi connectivity index (χ2n) is 8.40. The van der Waals surface area contributed by atoms with Gasteiger partial charge in [-0.2, -0.15) is 0 Å². The van der Waals surface area contributed by atoms with Crippen LogP contribution in [0.4, 0.5) is 0 Å². The Bertz CT molecular complexity index is 862. The zero-order chi connectivity index (χ0) is 22.2. The van der Waals surface area contributed by atoms with Gasteiger partial charge in [0.2, 0.25) is 0 Å². The van der Waals surface area contributed by atoms with Crippen molar-refractivity contribution < 1.29 is 19.0 Å². The van der Waals surface area contributed by atoms with E-state index in [2.05, 4.69) is 30.1 Å². The number of morpholine rings is 1. The number of nitrogens with one attached hydrogen (secondary N) is 1. The molecule has 168 valence electrons. The fourth-order valence-electron chi connectivity index (χ4n) is 3.52. The molecule has 0 aromatic heterocycles. The first-order valence-corrected chi connectivity index (χ1v) is 11.0. The number of rotatable bonds is 9. The predicted octanol–water partition coefficient (Wildman–Crippen LogP) is 4.05. The van der Waals surface area contributed by atoms with Gasteiger partial charge in [0.1, 0.15) is 0 Å². The number of nitrogens with zero attached hydrogens (tertiary/aromatic N) is 1. The van der Waals surface area contributed by atoms with Gasteiger partial charge in [-0.25, -0.2) is 0 Å². The number of carbonyl (C=O) groups excluding carboxylic acids is 1. The maximum Gasteiger partial charge on any atom is 0.251 e. The van der Waals surface area contributed by atoms with Crippen LogP contribution >= 0.6 is 0 Å². The van der Waals surface area contributed by atoms with Crippen molar-refractivity contribution >= 4 is 5.91 Å². The number of benzene rings is 2. The Labute approximate surface area is 185 Å². The van der Waals surface area contributed by atoms with Gasteiger partial charge in [-0.05, 0) is 48.2 Å². The SMILES string of the molecule is COc1cc(C(C)NC(=O)c2cccc(CN3CCOCC3)c2)ccc1OCC(C)C. The standard InChI is InChI=1S/C25H34N2O4/c1-18(2)17-31-23-9-8-21(15-24(23)29-4)19(3)26-25(28)22-7-5-6-20(14-22)16-27-10-12-30-13-11-27/h5-9,14-15,18-19H,10-13,16-17H2,1-4H3,(H,26,28). The van der Waals surface area contributed by atoms with E-state index in [9.17, 15) is 4.79 Å². The topological polar surface area (TPSA) is 60.0 Å². The third kappa shape index (κ3) is 6.71. The molecule has 1 heterocycles. The first-order valence-electron chi connectivity index (χ1n) is 11.0. The third-order valence-electron chi connectivity index (χ3n) is 5.31. The number of carbonyl (C=O) groups is 1. The lowest BCUT2D eigenvalue weighted by molar-refractivity contribution is 0.0342. The molecule has 6 heteroatoms. The van der Waals surface area contributed by atoms with E-state index in [1.165, 1.54) is 0 Å². The molecule has 1 amide bonds. The number of hydrogen-bond donors (Lipinski definition) is 1. The molecule has 1 aliphatic rings. The summed E-state index contributed by atoms with van der Waals surface area (Å²) in [6, 6.07) is 13.5. The van der Waals surface area contributed by atoms with Crippen molar-refractivity contribution in [1.82, 2.24) is 10.2 Å². The lowest BCUT2D eigenvalue weighted by Crippen LogP contribution is -2.35. The Morgan fingerprint density at radius 3 is 2.58 bits per heavy atom. The minimum atomic E-state index is -0.163. The molecule has 2 aromatic rings. The summed E-state index contributed by atoms with van der Waals surface area (Å²) in [6.45, 7) is 11.0. The third-order valence-corrected chi connectivity index (χ3v) is 5.31. The molecular formula is C25H34N2O4. The van der Waals surface area contributed by atoms with Crippen LogP contribution in [0.1, 0.15) is 48.3 Å². The molecule has 1 saturated heterocycles. The summed E-state index contributed by atoms with van der Waals surface area (Å²) in [4.78, 5) is 15.2. The normalized spacial score (nSPS) is 15.5. The van der Waals surface area contributed by atoms with Gasteiger partial charge in [0.15, 0.2) is 11.5 Å². The van der Waals surface area contributed by atoms with Crippen molar-refractivity contribution in [2.75, 3.05) is 40.0 Å². The van der Waals surface area contributed by atoms with Gasteiger partial charge >= 0.3 is 0 Å². The molecule has 1 aliphatic heterocycles. The lowest BCUT2D eigenvalue weighted by Gasteiger charge is -2.26. The molecule has 0 radical (unpaired) electrons. The van der Waals surface area contributed by atoms with E-state index < -0.39 is 0 Å². The molecule has 1 atom stereocenters. The van der Waals surface area contributed by atoms with Gasteiger partial charge < -0.3 is 19.5 Å². The number of hydrogen-bond acceptors (Lipinski definition) is 5. The Morgan fingerprint density at radius 2 is 1.87 bits per heavy atom. The minimum absolute atomic E-state index is 0.0876. The second kappa shape index (κ2) is 11.2. The van der Waals surface area contributed by atoms with Crippen molar-refractivity contribution in [3.05, 3.63) is 59.2 Å². The van der Waals surface area contributed by atoms with Crippen molar-refractivity contribution in [2.45, 2.75) is 33.4 Å². The average molecular weight is 427 g/mol.